The SMILES string of the molecule is COc1ccccc1CNC(=O)N(CCC1(C)CCC(c2ccccc2)(N(C)C)CC1)c1cnc(C)nc1. The largest absolute Gasteiger partial charge is 0.496 e. The summed E-state index contributed by atoms with van der Waals surface area (Å²) >= 11 is 0. The summed E-state index contributed by atoms with van der Waals surface area (Å²) in [7, 11) is 6.03. The van der Waals surface area contributed by atoms with Crippen LogP contribution in [0, 0.1) is 12.3 Å². The van der Waals surface area contributed by atoms with Crippen LogP contribution in [0.1, 0.15) is 56.0 Å². The molecule has 0 bridgehead atoms. The molecule has 0 unspecified atom stereocenters. The number of nitrogens with zero attached hydrogens (tertiary/aromatic N) is 4. The Kier molecular flexibility index (Phi) is 8.67. The van der Waals surface area contributed by atoms with Crippen molar-refractivity contribution in [3.8, 4) is 5.75 Å². The summed E-state index contributed by atoms with van der Waals surface area (Å²) < 4.78 is 5.45. The van der Waals surface area contributed by atoms with E-state index in [0.717, 1.165) is 43.4 Å². The first kappa shape index (κ1) is 27.6. The van der Waals surface area contributed by atoms with Crippen LogP contribution in [-0.2, 0) is 12.1 Å². The van der Waals surface area contributed by atoms with Crippen LogP contribution in [0.5, 0.6) is 5.75 Å². The van der Waals surface area contributed by atoms with Crippen LogP contribution in [0.25, 0.3) is 0 Å². The van der Waals surface area contributed by atoms with E-state index in [2.05, 4.69) is 71.5 Å². The molecule has 38 heavy (non-hydrogen) atoms. The van der Waals surface area contributed by atoms with Gasteiger partial charge in [0.05, 0.1) is 25.2 Å². The van der Waals surface area contributed by atoms with E-state index in [1.165, 1.54) is 5.56 Å². The summed E-state index contributed by atoms with van der Waals surface area (Å²) in [5.41, 5.74) is 3.22. The number of anilines is 1. The Morgan fingerprint density at radius 2 is 1.61 bits per heavy atom. The topological polar surface area (TPSA) is 70.6 Å². The van der Waals surface area contributed by atoms with E-state index in [4.69, 9.17) is 4.74 Å². The van der Waals surface area contributed by atoms with Gasteiger partial charge in [-0.2, -0.15) is 0 Å². The highest BCUT2D eigenvalue weighted by Crippen LogP contribution is 2.49. The first-order chi connectivity index (χ1) is 18.3. The fourth-order valence-corrected chi connectivity index (χ4v) is 5.63. The van der Waals surface area contributed by atoms with Gasteiger partial charge < -0.3 is 10.1 Å². The number of ether oxygens (including phenoxy) is 1. The van der Waals surface area contributed by atoms with Gasteiger partial charge in [-0.1, -0.05) is 55.5 Å². The van der Waals surface area contributed by atoms with Crippen molar-refractivity contribution in [2.75, 3.05) is 32.6 Å². The molecule has 1 fully saturated rings. The lowest BCUT2D eigenvalue weighted by molar-refractivity contribution is 0.0397. The number of benzene rings is 2. The molecule has 2 aromatic carbocycles. The summed E-state index contributed by atoms with van der Waals surface area (Å²) in [6.07, 6.45) is 8.76. The number of para-hydroxylation sites is 1. The van der Waals surface area contributed by atoms with Crippen LogP contribution in [0.3, 0.4) is 0 Å². The second-order valence-electron chi connectivity index (χ2n) is 11.0. The van der Waals surface area contributed by atoms with Gasteiger partial charge in [0, 0.05) is 24.2 Å². The second kappa shape index (κ2) is 11.9. The first-order valence-corrected chi connectivity index (χ1v) is 13.5. The quantitative estimate of drug-likeness (QED) is 0.382. The van der Waals surface area contributed by atoms with Gasteiger partial charge in [0.15, 0.2) is 0 Å². The van der Waals surface area contributed by atoms with Crippen LogP contribution in [0.4, 0.5) is 10.5 Å². The minimum Gasteiger partial charge on any atom is -0.496 e. The number of methoxy groups -OCH3 is 1. The van der Waals surface area contributed by atoms with E-state index in [0.29, 0.717) is 24.6 Å². The maximum atomic E-state index is 13.5. The molecule has 3 aromatic rings. The lowest BCUT2D eigenvalue weighted by atomic mass is 9.64. The number of hydrogen-bond donors (Lipinski definition) is 1. The predicted molar refractivity (Wildman–Crippen MR) is 152 cm³/mol. The maximum absolute atomic E-state index is 13.5. The number of hydrogen-bond acceptors (Lipinski definition) is 5. The van der Waals surface area contributed by atoms with Crippen molar-refractivity contribution in [2.24, 2.45) is 5.41 Å². The van der Waals surface area contributed by atoms with Gasteiger partial charge in [-0.05, 0) is 70.2 Å². The van der Waals surface area contributed by atoms with E-state index >= 15 is 0 Å². The number of carbonyl (C=O) groups is 1. The molecular formula is C31H41N5O2. The van der Waals surface area contributed by atoms with Crippen LogP contribution >= 0.6 is 0 Å². The molecule has 0 aliphatic heterocycles. The summed E-state index contributed by atoms with van der Waals surface area (Å²) in [5, 5.41) is 3.08. The third-order valence-corrected chi connectivity index (χ3v) is 8.34. The number of rotatable bonds is 9. The van der Waals surface area contributed by atoms with Crippen molar-refractivity contribution in [2.45, 2.75) is 58.0 Å². The third-order valence-electron chi connectivity index (χ3n) is 8.34. The maximum Gasteiger partial charge on any atom is 0.322 e. The van der Waals surface area contributed by atoms with Gasteiger partial charge >= 0.3 is 6.03 Å². The van der Waals surface area contributed by atoms with Crippen molar-refractivity contribution < 1.29 is 9.53 Å². The van der Waals surface area contributed by atoms with E-state index in [1.807, 2.05) is 31.2 Å². The molecule has 0 spiro atoms. The van der Waals surface area contributed by atoms with E-state index in [9.17, 15) is 4.79 Å². The number of carbonyl (C=O) groups excluding carboxylic acids is 1. The van der Waals surface area contributed by atoms with Crippen molar-refractivity contribution in [3.05, 3.63) is 83.9 Å². The lowest BCUT2D eigenvalue weighted by Crippen LogP contribution is -2.47. The Morgan fingerprint density at radius 1 is 0.974 bits per heavy atom. The Morgan fingerprint density at radius 3 is 2.24 bits per heavy atom. The Balaban J connectivity index is 1.46. The predicted octanol–water partition coefficient (Wildman–Crippen LogP) is 5.94. The molecule has 0 saturated heterocycles. The van der Waals surface area contributed by atoms with Gasteiger partial charge in [-0.15, -0.1) is 0 Å². The molecule has 7 heteroatoms. The molecule has 4 rings (SSSR count). The van der Waals surface area contributed by atoms with Crippen LogP contribution < -0.4 is 15.0 Å². The molecule has 1 aliphatic rings. The summed E-state index contributed by atoms with van der Waals surface area (Å²) in [5.74, 6) is 1.44. The number of aromatic nitrogens is 2. The molecule has 7 nitrogen and oxygen atoms in total. The monoisotopic (exact) mass is 515 g/mol. The molecule has 1 aromatic heterocycles. The fourth-order valence-electron chi connectivity index (χ4n) is 5.63. The number of nitrogens with one attached hydrogen (secondary N) is 1. The van der Waals surface area contributed by atoms with E-state index in [1.54, 1.807) is 24.4 Å². The number of aryl methyl sites for hydroxylation is 1. The zero-order chi connectivity index (χ0) is 27.2. The summed E-state index contributed by atoms with van der Waals surface area (Å²) in [6, 6.07) is 18.5. The number of urea groups is 1. The van der Waals surface area contributed by atoms with Gasteiger partial charge in [-0.3, -0.25) is 9.80 Å². The highest BCUT2D eigenvalue weighted by atomic mass is 16.5. The number of amides is 2. The standard InChI is InChI=1S/C31H41N5O2/c1-24-32-22-27(23-33-24)36(29(37)34-21-25-11-9-10-14-28(25)38-5)20-19-30(2)15-17-31(18-16-30,35(3)4)26-12-7-6-8-13-26/h6-14,22-23H,15-21H2,1-5H3,(H,34,37). The Hall–Kier alpha value is -3.45. The van der Waals surface area contributed by atoms with Crippen LogP contribution in [0.15, 0.2) is 67.0 Å². The van der Waals surface area contributed by atoms with Gasteiger partial charge in [-0.25, -0.2) is 14.8 Å². The highest BCUT2D eigenvalue weighted by Gasteiger charge is 2.43. The molecule has 1 heterocycles. The zero-order valence-electron chi connectivity index (χ0n) is 23.4. The minimum atomic E-state index is -0.158. The summed E-state index contributed by atoms with van der Waals surface area (Å²) in [6.45, 7) is 5.20. The highest BCUT2D eigenvalue weighted by molar-refractivity contribution is 5.91. The van der Waals surface area contributed by atoms with E-state index < -0.39 is 0 Å². The van der Waals surface area contributed by atoms with Gasteiger partial charge in [0.2, 0.25) is 0 Å². The van der Waals surface area contributed by atoms with Gasteiger partial charge in [0.1, 0.15) is 11.6 Å². The fraction of sp³-hybridized carbons (Fsp3) is 0.452. The van der Waals surface area contributed by atoms with Crippen molar-refractivity contribution in [1.29, 1.82) is 0 Å². The van der Waals surface area contributed by atoms with Crippen molar-refractivity contribution >= 4 is 11.7 Å². The second-order valence-corrected chi connectivity index (χ2v) is 11.0. The first-order valence-electron chi connectivity index (χ1n) is 13.5. The summed E-state index contributed by atoms with van der Waals surface area (Å²) in [4.78, 5) is 26.4. The average molecular weight is 516 g/mol. The Labute approximate surface area is 227 Å². The molecule has 2 amide bonds. The smallest absolute Gasteiger partial charge is 0.322 e. The van der Waals surface area contributed by atoms with Gasteiger partial charge in [0.25, 0.3) is 0 Å². The molecule has 1 saturated carbocycles. The average Bonchev–Trinajstić information content (AvgIpc) is 2.94. The van der Waals surface area contributed by atoms with Crippen molar-refractivity contribution in [1.82, 2.24) is 20.2 Å². The molecule has 1 N–H and O–H groups in total. The molecule has 202 valence electrons. The van der Waals surface area contributed by atoms with E-state index in [-0.39, 0.29) is 17.0 Å². The van der Waals surface area contributed by atoms with Crippen LogP contribution in [0.2, 0.25) is 0 Å². The van der Waals surface area contributed by atoms with Crippen molar-refractivity contribution in [3.63, 3.8) is 0 Å². The molecule has 1 aliphatic carbocycles. The Bertz CT molecular complexity index is 1190. The lowest BCUT2D eigenvalue weighted by Gasteiger charge is -2.49. The third kappa shape index (κ3) is 6.16. The molecule has 0 radical (unpaired) electrons. The minimum absolute atomic E-state index is 0.0529. The molecular weight excluding hydrogens is 474 g/mol. The van der Waals surface area contributed by atoms with Crippen LogP contribution in [-0.4, -0.2) is 48.6 Å². The molecule has 0 atom stereocenters. The normalized spacial score (nSPS) is 21.2. The zero-order valence-corrected chi connectivity index (χ0v) is 23.4.